The van der Waals surface area contributed by atoms with Crippen LogP contribution in [-0.2, 0) is 43.2 Å². The van der Waals surface area contributed by atoms with Gasteiger partial charge < -0.3 is 70.4 Å². The highest BCUT2D eigenvalue weighted by Crippen LogP contribution is 2.18. The van der Waals surface area contributed by atoms with Gasteiger partial charge in [0.05, 0.1) is 13.1 Å². The molecule has 1 rings (SSSR count). The molecule has 6 atom stereocenters. The molecule has 9 amide bonds. The monoisotopic (exact) mass is 897 g/mol. The van der Waals surface area contributed by atoms with Crippen LogP contribution in [0, 0.1) is 5.92 Å². The molecule has 0 aromatic heterocycles. The Bertz CT molecular complexity index is 1620. The number of rotatable bonds is 27. The number of likely N-dealkylation sites (N-methyl/N-ethyl adjacent to an activating group) is 1. The number of nitrogens with two attached hydrogens (primary N) is 4. The fourth-order valence-electron chi connectivity index (χ4n) is 6.21. The van der Waals surface area contributed by atoms with Crippen molar-refractivity contribution in [2.45, 2.75) is 109 Å². The predicted octanol–water partition coefficient (Wildman–Crippen LogP) is -5.06. The molecule has 0 aromatic carbocycles. The molecule has 1 fully saturated rings. The summed E-state index contributed by atoms with van der Waals surface area (Å²) in [6.45, 7) is 6.16. The van der Waals surface area contributed by atoms with E-state index in [1.165, 1.54) is 37.6 Å². The number of nitrogens with zero attached hydrogens (tertiary/aromatic N) is 3. The number of likely N-dealkylation sites (tertiary alicyclic amines) is 1. The summed E-state index contributed by atoms with van der Waals surface area (Å²) in [5, 5.41) is 20.3. The largest absolute Gasteiger partial charge is 0.370 e. The lowest BCUT2D eigenvalue weighted by atomic mass is 10.0. The molecular weight excluding hydrogens is 831 g/mol. The number of carbonyl (C=O) groups is 9. The molecule has 0 aliphatic carbocycles. The lowest BCUT2D eigenvalue weighted by molar-refractivity contribution is -0.138. The zero-order valence-electron chi connectivity index (χ0n) is 36.5. The predicted molar refractivity (Wildman–Crippen MR) is 233 cm³/mol. The molecule has 1 aliphatic heterocycles. The second-order valence-corrected chi connectivity index (χ2v) is 15.9. The molecule has 24 nitrogen and oxygen atoms in total. The van der Waals surface area contributed by atoms with Gasteiger partial charge in [-0.1, -0.05) is 13.8 Å². The first-order chi connectivity index (χ1) is 29.2. The molecule has 1 saturated heterocycles. The standard InChI is InChI=1S/C37H67N15O9S/c1-20(2)16-25(51-35(61)27-12-9-15-52(27)22(4)53)32(58)46-18-29(55)49-26(19-62-6)34(60)47-21(3)30(56)45-17-28(54)48-24(11-8-14-44-37(40)41)33(59)50-23(31(57)42-5)10-7-13-43-36(38)39/h20-21,23-27H,7-19H2,1-6H3,(H,42,57)(H,45,56)(H,46,58)(H,47,60)(H,48,54)(H,49,55)(H,50,59)(H,51,61)(H4,38,39,43)(H4,40,41,44)/t21-,23+,24+,25-,26-,27-/m0/s1. The van der Waals surface area contributed by atoms with Gasteiger partial charge in [0, 0.05) is 39.4 Å². The number of nitrogens with one attached hydrogen (secondary N) is 8. The van der Waals surface area contributed by atoms with E-state index >= 15 is 0 Å². The first-order valence-corrected chi connectivity index (χ1v) is 21.7. The minimum Gasteiger partial charge on any atom is -0.370 e. The van der Waals surface area contributed by atoms with Gasteiger partial charge in [-0.2, -0.15) is 11.8 Å². The van der Waals surface area contributed by atoms with Crippen LogP contribution in [0.15, 0.2) is 9.98 Å². The summed E-state index contributed by atoms with van der Waals surface area (Å²) >= 11 is 1.23. The van der Waals surface area contributed by atoms with Crippen LogP contribution >= 0.6 is 11.8 Å². The normalized spacial score (nSPS) is 15.6. The zero-order chi connectivity index (χ0) is 46.9. The molecule has 0 spiro atoms. The van der Waals surface area contributed by atoms with Gasteiger partial charge in [0.2, 0.25) is 53.2 Å². The number of carbonyl (C=O) groups excluding carboxylic acids is 9. The van der Waals surface area contributed by atoms with Crippen molar-refractivity contribution in [1.29, 1.82) is 0 Å². The lowest BCUT2D eigenvalue weighted by Crippen LogP contribution is -2.57. The Morgan fingerprint density at radius 2 is 1.19 bits per heavy atom. The first kappa shape index (κ1) is 54.1. The Morgan fingerprint density at radius 1 is 0.677 bits per heavy atom. The fourth-order valence-corrected chi connectivity index (χ4v) is 6.78. The van der Waals surface area contributed by atoms with E-state index in [0.29, 0.717) is 25.8 Å². The number of aliphatic imine (C=N–C) groups is 2. The third-order valence-corrected chi connectivity index (χ3v) is 9.97. The lowest BCUT2D eigenvalue weighted by Gasteiger charge is -2.26. The van der Waals surface area contributed by atoms with Crippen molar-refractivity contribution in [2.24, 2.45) is 38.8 Å². The average molecular weight is 898 g/mol. The molecule has 0 aromatic rings. The van der Waals surface area contributed by atoms with Gasteiger partial charge in [-0.15, -0.1) is 0 Å². The van der Waals surface area contributed by atoms with Crippen LogP contribution in [0.1, 0.15) is 72.6 Å². The number of guanidine groups is 2. The number of hydrogen-bond acceptors (Lipinski definition) is 12. The van der Waals surface area contributed by atoms with Gasteiger partial charge >= 0.3 is 0 Å². The minimum atomic E-state index is -1.18. The highest BCUT2D eigenvalue weighted by molar-refractivity contribution is 7.98. The molecule has 0 bridgehead atoms. The third-order valence-electron chi connectivity index (χ3n) is 9.31. The van der Waals surface area contributed by atoms with Crippen molar-refractivity contribution < 1.29 is 43.2 Å². The number of thioether (sulfide) groups is 1. The van der Waals surface area contributed by atoms with Gasteiger partial charge in [0.15, 0.2) is 11.9 Å². The average Bonchev–Trinajstić information content (AvgIpc) is 3.71. The van der Waals surface area contributed by atoms with E-state index in [4.69, 9.17) is 22.9 Å². The van der Waals surface area contributed by atoms with E-state index < -0.39 is 96.6 Å². The van der Waals surface area contributed by atoms with Gasteiger partial charge in [0.1, 0.15) is 36.3 Å². The third kappa shape index (κ3) is 21.1. The maximum Gasteiger partial charge on any atom is 0.244 e. The fraction of sp³-hybridized carbons (Fsp3) is 0.703. The minimum absolute atomic E-state index is 0.00121. The molecule has 1 heterocycles. The highest BCUT2D eigenvalue weighted by atomic mass is 32.2. The molecule has 0 radical (unpaired) electrons. The van der Waals surface area contributed by atoms with E-state index in [1.54, 1.807) is 6.26 Å². The Balaban J connectivity index is 2.84. The molecule has 0 unspecified atom stereocenters. The topological polar surface area (TPSA) is 382 Å². The van der Waals surface area contributed by atoms with E-state index in [0.717, 1.165) is 0 Å². The summed E-state index contributed by atoms with van der Waals surface area (Å²) < 4.78 is 0. The van der Waals surface area contributed by atoms with Crippen LogP contribution in [0.4, 0.5) is 0 Å². The second-order valence-electron chi connectivity index (χ2n) is 15.0. The van der Waals surface area contributed by atoms with Crippen LogP contribution < -0.4 is 65.5 Å². The maximum absolute atomic E-state index is 13.3. The van der Waals surface area contributed by atoms with E-state index in [1.807, 2.05) is 13.8 Å². The van der Waals surface area contributed by atoms with Crippen molar-refractivity contribution >= 4 is 76.8 Å². The molecule has 25 heteroatoms. The highest BCUT2D eigenvalue weighted by Gasteiger charge is 2.35. The number of hydrogen-bond donors (Lipinski definition) is 12. The summed E-state index contributed by atoms with van der Waals surface area (Å²) in [6.07, 6.45) is 3.95. The Kier molecular flexibility index (Phi) is 25.0. The molecule has 1 aliphatic rings. The van der Waals surface area contributed by atoms with Gasteiger partial charge in [0.25, 0.3) is 0 Å². The molecular formula is C37H67N15O9S. The van der Waals surface area contributed by atoms with Crippen LogP contribution in [-0.4, -0.2) is 158 Å². The van der Waals surface area contributed by atoms with Crippen LogP contribution in [0.25, 0.3) is 0 Å². The van der Waals surface area contributed by atoms with Crippen molar-refractivity contribution in [3.8, 4) is 0 Å². The van der Waals surface area contributed by atoms with Crippen LogP contribution in [0.5, 0.6) is 0 Å². The van der Waals surface area contributed by atoms with Gasteiger partial charge in [-0.3, -0.25) is 53.1 Å². The van der Waals surface area contributed by atoms with Crippen molar-refractivity contribution in [2.75, 3.05) is 51.8 Å². The Hall–Kier alpha value is -5.88. The zero-order valence-corrected chi connectivity index (χ0v) is 37.3. The van der Waals surface area contributed by atoms with E-state index in [-0.39, 0.29) is 68.3 Å². The molecule has 350 valence electrons. The van der Waals surface area contributed by atoms with Crippen molar-refractivity contribution in [3.05, 3.63) is 0 Å². The SMILES string of the molecule is CNC(=O)[C@@H](CCCN=C(N)N)NC(=O)[C@@H](CCCN=C(N)N)NC(=O)CNC(=O)[C@H](C)NC(=O)[C@H](CSC)NC(=O)CNC(=O)[C@H](CC(C)C)NC(=O)[C@@H]1CCCN1C(C)=O. The van der Waals surface area contributed by atoms with Gasteiger partial charge in [-0.05, 0) is 64.0 Å². The van der Waals surface area contributed by atoms with Crippen LogP contribution in [0.3, 0.4) is 0 Å². The smallest absolute Gasteiger partial charge is 0.244 e. The Morgan fingerprint density at radius 3 is 1.69 bits per heavy atom. The molecule has 16 N–H and O–H groups in total. The summed E-state index contributed by atoms with van der Waals surface area (Å²) in [7, 11) is 1.40. The second kappa shape index (κ2) is 28.6. The van der Waals surface area contributed by atoms with Crippen molar-refractivity contribution in [1.82, 2.24) is 47.4 Å². The molecule has 0 saturated carbocycles. The summed E-state index contributed by atoms with van der Waals surface area (Å²) in [4.78, 5) is 125. The summed E-state index contributed by atoms with van der Waals surface area (Å²) in [5.41, 5.74) is 21.5. The van der Waals surface area contributed by atoms with Crippen LogP contribution in [0.2, 0.25) is 0 Å². The quantitative estimate of drug-likeness (QED) is 0.0209. The summed E-state index contributed by atoms with van der Waals surface area (Å²) in [5.74, 6) is -5.61. The first-order valence-electron chi connectivity index (χ1n) is 20.3. The molecule has 62 heavy (non-hydrogen) atoms. The number of amides is 9. The van der Waals surface area contributed by atoms with E-state index in [2.05, 4.69) is 52.5 Å². The van der Waals surface area contributed by atoms with Crippen molar-refractivity contribution in [3.63, 3.8) is 0 Å². The summed E-state index contributed by atoms with van der Waals surface area (Å²) in [6, 6.07) is -6.11. The maximum atomic E-state index is 13.3. The van der Waals surface area contributed by atoms with E-state index in [9.17, 15) is 43.2 Å². The van der Waals surface area contributed by atoms with Gasteiger partial charge in [-0.25, -0.2) is 0 Å². The Labute approximate surface area is 366 Å².